The number of carbonyl (C=O) groups excluding carboxylic acids is 1. The van der Waals surface area contributed by atoms with Crippen LogP contribution in [0.4, 0.5) is 0 Å². The first-order chi connectivity index (χ1) is 18.5. The molecule has 0 saturated heterocycles. The molecule has 0 aromatic heterocycles. The molecule has 1 unspecified atom stereocenters. The van der Waals surface area contributed by atoms with Crippen molar-refractivity contribution in [1.82, 2.24) is 5.32 Å². The zero-order valence-electron chi connectivity index (χ0n) is 25.6. The Hall–Kier alpha value is -0.380. The van der Waals surface area contributed by atoms with Crippen molar-refractivity contribution in [2.75, 3.05) is 19.8 Å². The number of hydrogen-bond donors (Lipinski definition) is 2. The van der Waals surface area contributed by atoms with Crippen LogP contribution < -0.4 is 5.32 Å². The molecule has 0 radical (unpaired) electrons. The lowest BCUT2D eigenvalue weighted by atomic mass is 10.0. The van der Waals surface area contributed by atoms with Crippen molar-refractivity contribution < 1.29 is 18.8 Å². The van der Waals surface area contributed by atoms with Crippen molar-refractivity contribution in [2.45, 2.75) is 180 Å². The molecule has 228 valence electrons. The summed E-state index contributed by atoms with van der Waals surface area (Å²) in [6, 6.07) is 0. The van der Waals surface area contributed by atoms with Crippen LogP contribution in [-0.4, -0.2) is 30.6 Å². The predicted octanol–water partition coefficient (Wildman–Crippen LogP) is 10.5. The fraction of sp³-hybridized carbons (Fsp3) is 0.969. The molecule has 5 nitrogen and oxygen atoms in total. The number of carbonyl (C=O) groups is 1. The van der Waals surface area contributed by atoms with Gasteiger partial charge in [0.2, 0.25) is 5.91 Å². The highest BCUT2D eigenvalue weighted by Crippen LogP contribution is 2.36. The van der Waals surface area contributed by atoms with Crippen LogP contribution in [0.1, 0.15) is 180 Å². The van der Waals surface area contributed by atoms with Gasteiger partial charge in [0.1, 0.15) is 0 Å². The van der Waals surface area contributed by atoms with Crippen molar-refractivity contribution in [1.29, 1.82) is 0 Å². The van der Waals surface area contributed by atoms with Crippen molar-refractivity contribution in [2.24, 2.45) is 0 Å². The highest BCUT2D eigenvalue weighted by atomic mass is 31.2. The number of hydrogen-bond acceptors (Lipinski definition) is 3. The topological polar surface area (TPSA) is 75.6 Å². The molecule has 1 amide bonds. The van der Waals surface area contributed by atoms with Crippen molar-refractivity contribution >= 4 is 13.5 Å². The average Bonchev–Trinajstić information content (AvgIpc) is 2.88. The molecular weight excluding hydrogens is 493 g/mol. The Morgan fingerprint density at radius 1 is 0.579 bits per heavy atom. The Morgan fingerprint density at radius 3 is 1.32 bits per heavy atom. The molecule has 0 saturated carbocycles. The first kappa shape index (κ1) is 37.6. The molecule has 0 bridgehead atoms. The van der Waals surface area contributed by atoms with Crippen LogP contribution in [0.15, 0.2) is 0 Å². The van der Waals surface area contributed by atoms with Gasteiger partial charge >= 0.3 is 7.60 Å². The van der Waals surface area contributed by atoms with Gasteiger partial charge in [-0.25, -0.2) is 0 Å². The van der Waals surface area contributed by atoms with Crippen LogP contribution in [0.5, 0.6) is 0 Å². The van der Waals surface area contributed by atoms with E-state index in [0.29, 0.717) is 13.0 Å². The minimum atomic E-state index is -3.33. The van der Waals surface area contributed by atoms with E-state index in [0.717, 1.165) is 38.6 Å². The average molecular weight is 560 g/mol. The zero-order valence-corrected chi connectivity index (χ0v) is 26.5. The molecule has 0 spiro atoms. The largest absolute Gasteiger partial charge is 0.356 e. The summed E-state index contributed by atoms with van der Waals surface area (Å²) in [6.45, 7) is 4.56. The third-order valence-electron chi connectivity index (χ3n) is 7.48. The summed E-state index contributed by atoms with van der Waals surface area (Å²) in [7, 11) is -3.33. The van der Waals surface area contributed by atoms with Crippen LogP contribution in [0.25, 0.3) is 0 Å². The van der Waals surface area contributed by atoms with E-state index in [9.17, 15) is 9.36 Å². The summed E-state index contributed by atoms with van der Waals surface area (Å²) in [5.74, 6) is 0.175. The first-order valence-electron chi connectivity index (χ1n) is 16.7. The molecule has 0 aliphatic carbocycles. The second-order valence-corrected chi connectivity index (χ2v) is 13.4. The Kier molecular flexibility index (Phi) is 29.3. The summed E-state index contributed by atoms with van der Waals surface area (Å²) in [4.78, 5) is 20.9. The minimum Gasteiger partial charge on any atom is -0.356 e. The molecule has 6 heteroatoms. The third-order valence-corrected chi connectivity index (χ3v) is 8.14. The van der Waals surface area contributed by atoms with Gasteiger partial charge in [-0.3, -0.25) is 9.36 Å². The minimum absolute atomic E-state index is 0.175. The van der Waals surface area contributed by atoms with Gasteiger partial charge in [-0.15, -0.1) is 0 Å². The number of amides is 1. The lowest BCUT2D eigenvalue weighted by Crippen LogP contribution is -2.23. The third kappa shape index (κ3) is 33.6. The highest BCUT2D eigenvalue weighted by molar-refractivity contribution is 7.51. The van der Waals surface area contributed by atoms with E-state index in [1.165, 1.54) is 142 Å². The molecule has 0 aromatic rings. The van der Waals surface area contributed by atoms with Gasteiger partial charge in [-0.05, 0) is 19.3 Å². The lowest BCUT2D eigenvalue weighted by molar-refractivity contribution is -0.121. The second kappa shape index (κ2) is 29.6. The highest BCUT2D eigenvalue weighted by Gasteiger charge is 2.08. The number of unbranched alkanes of at least 4 members (excludes halogenated alkanes) is 24. The summed E-state index contributed by atoms with van der Waals surface area (Å²) in [5, 5.41) is 3.01. The van der Waals surface area contributed by atoms with Crippen LogP contribution in [0, 0.1) is 0 Å². The summed E-state index contributed by atoms with van der Waals surface area (Å²) < 4.78 is 15.8. The standard InChI is InChI=1S/C32H66NO4P/c1-3-4-5-6-7-8-9-10-11-12-13-14-15-16-17-18-19-20-21-22-23-26-29-32(34)33-30-27-24-25-28-31-37-38(2,35)36/h3-31H2,1-2H3,(H,33,34)(H,35,36). The van der Waals surface area contributed by atoms with E-state index in [4.69, 9.17) is 9.42 Å². The molecule has 1 atom stereocenters. The smallest absolute Gasteiger partial charge is 0.325 e. The molecule has 0 fully saturated rings. The van der Waals surface area contributed by atoms with Gasteiger partial charge in [-0.1, -0.05) is 155 Å². The second-order valence-electron chi connectivity index (χ2n) is 11.6. The van der Waals surface area contributed by atoms with Crippen molar-refractivity contribution in [3.63, 3.8) is 0 Å². The van der Waals surface area contributed by atoms with E-state index in [-0.39, 0.29) is 5.91 Å². The Morgan fingerprint density at radius 2 is 0.921 bits per heavy atom. The van der Waals surface area contributed by atoms with Crippen molar-refractivity contribution in [3.8, 4) is 0 Å². The lowest BCUT2D eigenvalue weighted by Gasteiger charge is -2.07. The molecule has 0 aromatic carbocycles. The van der Waals surface area contributed by atoms with E-state index < -0.39 is 7.60 Å². The van der Waals surface area contributed by atoms with Gasteiger partial charge in [0, 0.05) is 19.6 Å². The summed E-state index contributed by atoms with van der Waals surface area (Å²) >= 11 is 0. The molecular formula is C32H66NO4P. The maximum Gasteiger partial charge on any atom is 0.325 e. The van der Waals surface area contributed by atoms with Crippen LogP contribution >= 0.6 is 7.60 Å². The zero-order chi connectivity index (χ0) is 28.0. The quantitative estimate of drug-likeness (QED) is 0.0654. The van der Waals surface area contributed by atoms with Gasteiger partial charge in [0.15, 0.2) is 0 Å². The first-order valence-corrected chi connectivity index (χ1v) is 18.7. The normalized spacial score (nSPS) is 13.0. The SMILES string of the molecule is CCCCCCCCCCCCCCCCCCCCCCCCC(=O)NCCCCCCOP(C)(=O)O. The maximum absolute atomic E-state index is 11.9. The van der Waals surface area contributed by atoms with Gasteiger partial charge in [0.25, 0.3) is 0 Å². The van der Waals surface area contributed by atoms with Crippen molar-refractivity contribution in [3.05, 3.63) is 0 Å². The molecule has 0 aliphatic heterocycles. The van der Waals surface area contributed by atoms with Gasteiger partial charge in [-0.2, -0.15) is 0 Å². The van der Waals surface area contributed by atoms with Crippen LogP contribution in [-0.2, 0) is 13.9 Å². The fourth-order valence-corrected chi connectivity index (χ4v) is 5.49. The number of rotatable bonds is 31. The summed E-state index contributed by atoms with van der Waals surface area (Å²) in [6.07, 6.45) is 34.8. The molecule has 38 heavy (non-hydrogen) atoms. The van der Waals surface area contributed by atoms with Gasteiger partial charge < -0.3 is 14.7 Å². The monoisotopic (exact) mass is 559 g/mol. The molecule has 0 rings (SSSR count). The Bertz CT molecular complexity index is 538. The summed E-state index contributed by atoms with van der Waals surface area (Å²) in [5.41, 5.74) is 0. The molecule has 0 aliphatic rings. The van der Waals surface area contributed by atoms with E-state index in [1.54, 1.807) is 0 Å². The molecule has 0 heterocycles. The Balaban J connectivity index is 3.15. The van der Waals surface area contributed by atoms with Crippen LogP contribution in [0.2, 0.25) is 0 Å². The van der Waals surface area contributed by atoms with E-state index in [2.05, 4.69) is 12.2 Å². The maximum atomic E-state index is 11.9. The van der Waals surface area contributed by atoms with E-state index >= 15 is 0 Å². The van der Waals surface area contributed by atoms with Gasteiger partial charge in [0.05, 0.1) is 6.61 Å². The van der Waals surface area contributed by atoms with Crippen LogP contribution in [0.3, 0.4) is 0 Å². The fourth-order valence-electron chi connectivity index (χ4n) is 5.03. The Labute approximate surface area is 237 Å². The van der Waals surface area contributed by atoms with E-state index in [1.807, 2.05) is 0 Å². The number of nitrogens with one attached hydrogen (secondary N) is 1. The molecule has 2 N–H and O–H groups in total. The predicted molar refractivity (Wildman–Crippen MR) is 165 cm³/mol.